The van der Waals surface area contributed by atoms with E-state index in [4.69, 9.17) is 10.1 Å². The van der Waals surface area contributed by atoms with Crippen molar-refractivity contribution in [1.29, 1.82) is 0 Å². The summed E-state index contributed by atoms with van der Waals surface area (Å²) in [6.45, 7) is 9.23. The molecule has 0 spiro atoms. The molecule has 0 unspecified atom stereocenters. The molecule has 136 valence electrons. The molecule has 6 heteroatoms. The van der Waals surface area contributed by atoms with Gasteiger partial charge >= 0.3 is 0 Å². The van der Waals surface area contributed by atoms with Crippen LogP contribution < -0.4 is 9.80 Å². The smallest absolute Gasteiger partial charge is 0.165 e. The number of anilines is 1. The quantitative estimate of drug-likeness (QED) is 0.726. The second-order valence-electron chi connectivity index (χ2n) is 7.13. The summed E-state index contributed by atoms with van der Waals surface area (Å²) in [6.07, 6.45) is 1.92. The molecular weight excluding hydrogens is 326 g/mol. The molecule has 4 rings (SSSR count). The third-order valence-corrected chi connectivity index (χ3v) is 5.20. The van der Waals surface area contributed by atoms with Crippen LogP contribution in [-0.2, 0) is 0 Å². The lowest BCUT2D eigenvalue weighted by Gasteiger charge is -2.33. The normalized spacial score (nSPS) is 15.7. The van der Waals surface area contributed by atoms with Gasteiger partial charge in [0.15, 0.2) is 5.65 Å². The highest BCUT2D eigenvalue weighted by atomic mass is 16.3. The minimum atomic E-state index is 0.257. The Morgan fingerprint density at radius 2 is 1.85 bits per heavy atom. The van der Waals surface area contributed by atoms with Gasteiger partial charge < -0.3 is 14.9 Å². The molecule has 1 saturated heterocycles. The Morgan fingerprint density at radius 1 is 1.12 bits per heavy atom. The summed E-state index contributed by atoms with van der Waals surface area (Å²) in [6, 6.07) is 10.6. The van der Waals surface area contributed by atoms with Gasteiger partial charge in [-0.3, -0.25) is 0 Å². The number of aryl methyl sites for hydroxylation is 2. The van der Waals surface area contributed by atoms with Crippen molar-refractivity contribution in [3.8, 4) is 11.1 Å². The minimum Gasteiger partial charge on any atom is -0.391 e. The third kappa shape index (κ3) is 3.18. The number of nitrogens with one attached hydrogen (secondary N) is 1. The Balaban J connectivity index is 1.70. The van der Waals surface area contributed by atoms with Crippen molar-refractivity contribution in [3.63, 3.8) is 0 Å². The first-order valence-corrected chi connectivity index (χ1v) is 9.27. The maximum Gasteiger partial charge on any atom is 0.165 e. The molecule has 0 aliphatic carbocycles. The molecule has 0 amide bonds. The zero-order valence-electron chi connectivity index (χ0n) is 15.4. The Bertz CT molecular complexity index is 894. The molecular formula is C20H26N5O+. The van der Waals surface area contributed by atoms with Crippen molar-refractivity contribution >= 4 is 11.5 Å². The van der Waals surface area contributed by atoms with Crippen LogP contribution in [0.2, 0.25) is 0 Å². The summed E-state index contributed by atoms with van der Waals surface area (Å²) in [5, 5.41) is 13.8. The molecule has 2 N–H and O–H groups in total. The van der Waals surface area contributed by atoms with E-state index in [1.54, 1.807) is 0 Å². The lowest BCUT2D eigenvalue weighted by Crippen LogP contribution is -3.15. The second-order valence-corrected chi connectivity index (χ2v) is 7.13. The molecule has 0 atom stereocenters. The van der Waals surface area contributed by atoms with E-state index >= 15 is 0 Å². The molecule has 1 aromatic carbocycles. The van der Waals surface area contributed by atoms with E-state index in [1.807, 2.05) is 17.6 Å². The highest BCUT2D eigenvalue weighted by Crippen LogP contribution is 2.27. The van der Waals surface area contributed by atoms with E-state index in [0.717, 1.165) is 61.0 Å². The summed E-state index contributed by atoms with van der Waals surface area (Å²) in [7, 11) is 0. The van der Waals surface area contributed by atoms with Gasteiger partial charge in [-0.05, 0) is 19.4 Å². The molecule has 26 heavy (non-hydrogen) atoms. The third-order valence-electron chi connectivity index (χ3n) is 5.20. The van der Waals surface area contributed by atoms with Crippen molar-refractivity contribution in [1.82, 2.24) is 14.6 Å². The van der Waals surface area contributed by atoms with Crippen molar-refractivity contribution in [3.05, 3.63) is 47.8 Å². The van der Waals surface area contributed by atoms with Crippen LogP contribution in [0.4, 0.5) is 5.82 Å². The van der Waals surface area contributed by atoms with E-state index < -0.39 is 0 Å². The van der Waals surface area contributed by atoms with Gasteiger partial charge in [0.25, 0.3) is 0 Å². The SMILES string of the molecule is Cc1ccc(-c2cnn3c(N4CC[NH+](CCO)CC4)cc(C)nc23)cc1. The molecule has 1 aliphatic heterocycles. The highest BCUT2D eigenvalue weighted by Gasteiger charge is 2.23. The van der Waals surface area contributed by atoms with Gasteiger partial charge in [-0.1, -0.05) is 29.8 Å². The second kappa shape index (κ2) is 7.05. The lowest BCUT2D eigenvalue weighted by atomic mass is 10.1. The van der Waals surface area contributed by atoms with Crippen molar-refractivity contribution in [2.24, 2.45) is 0 Å². The fourth-order valence-electron chi connectivity index (χ4n) is 3.69. The molecule has 3 aromatic rings. The van der Waals surface area contributed by atoms with Crippen LogP contribution >= 0.6 is 0 Å². The molecule has 0 bridgehead atoms. The fourth-order valence-corrected chi connectivity index (χ4v) is 3.69. The van der Waals surface area contributed by atoms with Gasteiger partial charge in [-0.15, -0.1) is 0 Å². The van der Waals surface area contributed by atoms with Crippen LogP contribution in [0.3, 0.4) is 0 Å². The van der Waals surface area contributed by atoms with Gasteiger partial charge in [-0.2, -0.15) is 9.61 Å². The number of aliphatic hydroxyl groups is 1. The molecule has 1 aliphatic rings. The summed E-state index contributed by atoms with van der Waals surface area (Å²) in [5.41, 5.74) is 5.38. The Labute approximate surface area is 153 Å². The maximum atomic E-state index is 9.15. The van der Waals surface area contributed by atoms with Crippen LogP contribution in [0.1, 0.15) is 11.3 Å². The van der Waals surface area contributed by atoms with E-state index in [9.17, 15) is 0 Å². The molecule has 0 saturated carbocycles. The number of piperazine rings is 1. The number of aromatic nitrogens is 3. The van der Waals surface area contributed by atoms with Crippen LogP contribution in [0, 0.1) is 13.8 Å². The zero-order chi connectivity index (χ0) is 18.1. The molecule has 2 aromatic heterocycles. The Hall–Kier alpha value is -2.44. The molecule has 6 nitrogen and oxygen atoms in total. The number of rotatable bonds is 4. The minimum absolute atomic E-state index is 0.257. The van der Waals surface area contributed by atoms with E-state index in [1.165, 1.54) is 10.5 Å². The van der Waals surface area contributed by atoms with Crippen LogP contribution in [-0.4, -0.2) is 59.0 Å². The summed E-state index contributed by atoms with van der Waals surface area (Å²) < 4.78 is 1.97. The number of quaternary nitrogens is 1. The van der Waals surface area contributed by atoms with E-state index in [0.29, 0.717) is 0 Å². The average Bonchev–Trinajstić information content (AvgIpc) is 3.06. The van der Waals surface area contributed by atoms with E-state index in [-0.39, 0.29) is 6.61 Å². The number of hydrogen-bond donors (Lipinski definition) is 2. The van der Waals surface area contributed by atoms with Crippen molar-refractivity contribution < 1.29 is 10.0 Å². The molecule has 0 radical (unpaired) electrons. The summed E-state index contributed by atoms with van der Waals surface area (Å²) in [5.74, 6) is 1.11. The predicted molar refractivity (Wildman–Crippen MR) is 103 cm³/mol. The van der Waals surface area contributed by atoms with Crippen molar-refractivity contribution in [2.45, 2.75) is 13.8 Å². The van der Waals surface area contributed by atoms with Gasteiger partial charge in [-0.25, -0.2) is 4.98 Å². The number of nitrogens with zero attached hydrogens (tertiary/aromatic N) is 4. The van der Waals surface area contributed by atoms with Gasteiger partial charge in [0.05, 0.1) is 39.0 Å². The monoisotopic (exact) mass is 352 g/mol. The first kappa shape index (κ1) is 17.0. The first-order valence-electron chi connectivity index (χ1n) is 9.27. The summed E-state index contributed by atoms with van der Waals surface area (Å²) in [4.78, 5) is 8.62. The number of aliphatic hydroxyl groups excluding tert-OH is 1. The van der Waals surface area contributed by atoms with Crippen LogP contribution in [0.15, 0.2) is 36.5 Å². The molecule has 3 heterocycles. The Morgan fingerprint density at radius 3 is 2.54 bits per heavy atom. The first-order chi connectivity index (χ1) is 12.7. The number of hydrogen-bond acceptors (Lipinski definition) is 4. The Kier molecular flexibility index (Phi) is 4.61. The standard InChI is InChI=1S/C20H25N5O/c1-15-3-5-17(6-4-15)18-14-21-25-19(13-16(2)22-20(18)25)24-9-7-23(8-10-24)11-12-26/h3-6,13-14,26H,7-12H2,1-2H3/p+1. The van der Waals surface area contributed by atoms with Gasteiger partial charge in [0.1, 0.15) is 12.4 Å². The topological polar surface area (TPSA) is 58.1 Å². The van der Waals surface area contributed by atoms with Gasteiger partial charge in [0.2, 0.25) is 0 Å². The van der Waals surface area contributed by atoms with Crippen molar-refractivity contribution in [2.75, 3.05) is 44.2 Å². The van der Waals surface area contributed by atoms with Gasteiger partial charge in [0, 0.05) is 17.3 Å². The largest absolute Gasteiger partial charge is 0.391 e. The fraction of sp³-hybridized carbons (Fsp3) is 0.400. The zero-order valence-corrected chi connectivity index (χ0v) is 15.4. The highest BCUT2D eigenvalue weighted by molar-refractivity contribution is 5.78. The van der Waals surface area contributed by atoms with E-state index in [2.05, 4.69) is 47.3 Å². The summed E-state index contributed by atoms with van der Waals surface area (Å²) >= 11 is 0. The molecule has 1 fully saturated rings. The number of benzene rings is 1. The maximum absolute atomic E-state index is 9.15. The lowest BCUT2D eigenvalue weighted by molar-refractivity contribution is -0.900. The average molecular weight is 352 g/mol. The van der Waals surface area contributed by atoms with Crippen LogP contribution in [0.5, 0.6) is 0 Å². The van der Waals surface area contributed by atoms with Crippen LogP contribution in [0.25, 0.3) is 16.8 Å². The predicted octanol–water partition coefficient (Wildman–Crippen LogP) is 0.710. The number of fused-ring (bicyclic) bond motifs is 1.